The van der Waals surface area contributed by atoms with Crippen LogP contribution < -0.4 is 0 Å². The first-order valence-corrected chi connectivity index (χ1v) is 12.0. The van der Waals surface area contributed by atoms with E-state index in [1.807, 2.05) is 0 Å². The molecule has 0 aliphatic carbocycles. The largest absolute Gasteiger partial charge is 0.145 e. The van der Waals surface area contributed by atoms with Crippen LogP contribution in [0.15, 0.2) is 72.8 Å². The van der Waals surface area contributed by atoms with Crippen LogP contribution in [-0.4, -0.2) is 0 Å². The summed E-state index contributed by atoms with van der Waals surface area (Å²) in [6.45, 7) is 17.3. The predicted octanol–water partition coefficient (Wildman–Crippen LogP) is 9.04. The van der Waals surface area contributed by atoms with Crippen molar-refractivity contribution in [2.24, 2.45) is 0 Å². The number of rotatable bonds is 12. The standard InChI is InChI=1S/C28H38S/c1-7-11-23-13-9-15-25(19-23)27(17-21(3)4)29-28(18-22(5)6)26-16-10-14-24(20-26)12-8-2/h9-10,13-16,19-20,27-28H,3,5,7-8,11-12,17-18H2,1-2,4,6H3. The van der Waals surface area contributed by atoms with Crippen LogP contribution in [0.2, 0.25) is 0 Å². The molecule has 156 valence electrons. The molecule has 0 fully saturated rings. The highest BCUT2D eigenvalue weighted by Gasteiger charge is 2.21. The Morgan fingerprint density at radius 1 is 0.759 bits per heavy atom. The molecule has 2 aromatic rings. The maximum Gasteiger partial charge on any atom is 0.0340 e. The van der Waals surface area contributed by atoms with Gasteiger partial charge in [0.15, 0.2) is 0 Å². The van der Waals surface area contributed by atoms with Gasteiger partial charge in [0.1, 0.15) is 0 Å². The molecule has 29 heavy (non-hydrogen) atoms. The fraction of sp³-hybridized carbons (Fsp3) is 0.429. The summed E-state index contributed by atoms with van der Waals surface area (Å²) in [4.78, 5) is 0. The van der Waals surface area contributed by atoms with Gasteiger partial charge < -0.3 is 0 Å². The van der Waals surface area contributed by atoms with Gasteiger partial charge in [-0.05, 0) is 61.8 Å². The Labute approximate surface area is 183 Å². The lowest BCUT2D eigenvalue weighted by Crippen LogP contribution is -2.03. The Hall–Kier alpha value is -1.73. The summed E-state index contributed by atoms with van der Waals surface area (Å²) in [6.07, 6.45) is 6.69. The molecule has 0 saturated heterocycles. The van der Waals surface area contributed by atoms with Crippen LogP contribution in [0.4, 0.5) is 0 Å². The van der Waals surface area contributed by atoms with Crippen molar-refractivity contribution in [3.63, 3.8) is 0 Å². The van der Waals surface area contributed by atoms with Crippen LogP contribution in [0, 0.1) is 0 Å². The molecule has 2 rings (SSSR count). The third-order valence-electron chi connectivity index (χ3n) is 5.12. The van der Waals surface area contributed by atoms with Crippen LogP contribution in [0.25, 0.3) is 0 Å². The topological polar surface area (TPSA) is 0 Å². The minimum absolute atomic E-state index is 0.420. The lowest BCUT2D eigenvalue weighted by atomic mass is 10.0. The van der Waals surface area contributed by atoms with E-state index in [2.05, 4.69) is 101 Å². The highest BCUT2D eigenvalue weighted by molar-refractivity contribution is 7.99. The number of benzene rings is 2. The maximum atomic E-state index is 4.23. The normalized spacial score (nSPS) is 13.1. The van der Waals surface area contributed by atoms with Crippen molar-refractivity contribution < 1.29 is 0 Å². The summed E-state index contributed by atoms with van der Waals surface area (Å²) >= 11 is 2.08. The van der Waals surface area contributed by atoms with Crippen LogP contribution in [0.5, 0.6) is 0 Å². The van der Waals surface area contributed by atoms with Crippen molar-refractivity contribution in [1.82, 2.24) is 0 Å². The average Bonchev–Trinajstić information content (AvgIpc) is 2.67. The molecule has 0 aliphatic rings. The molecular formula is C28H38S. The van der Waals surface area contributed by atoms with Crippen LogP contribution in [0.1, 0.15) is 86.1 Å². The van der Waals surface area contributed by atoms with Crippen molar-refractivity contribution in [1.29, 1.82) is 0 Å². The van der Waals surface area contributed by atoms with Gasteiger partial charge in [0, 0.05) is 10.5 Å². The molecular weight excluding hydrogens is 368 g/mol. The van der Waals surface area contributed by atoms with E-state index in [9.17, 15) is 0 Å². The van der Waals surface area contributed by atoms with Crippen molar-refractivity contribution in [3.05, 3.63) is 95.1 Å². The monoisotopic (exact) mass is 406 g/mol. The van der Waals surface area contributed by atoms with Crippen LogP contribution in [-0.2, 0) is 12.8 Å². The van der Waals surface area contributed by atoms with Crippen LogP contribution in [0.3, 0.4) is 0 Å². The maximum absolute atomic E-state index is 4.23. The molecule has 2 unspecified atom stereocenters. The molecule has 0 N–H and O–H groups in total. The first-order valence-electron chi connectivity index (χ1n) is 11.0. The fourth-order valence-electron chi connectivity index (χ4n) is 3.80. The second-order valence-electron chi connectivity index (χ2n) is 8.43. The van der Waals surface area contributed by atoms with Gasteiger partial charge in [0.05, 0.1) is 0 Å². The lowest BCUT2D eigenvalue weighted by Gasteiger charge is -2.25. The molecule has 1 heteroatoms. The Balaban J connectivity index is 2.35. The van der Waals surface area contributed by atoms with Crippen molar-refractivity contribution in [2.75, 3.05) is 0 Å². The predicted molar refractivity (Wildman–Crippen MR) is 133 cm³/mol. The molecule has 0 bridgehead atoms. The first-order chi connectivity index (χ1) is 13.9. The van der Waals surface area contributed by atoms with Gasteiger partial charge in [-0.15, -0.1) is 24.9 Å². The molecule has 0 spiro atoms. The van der Waals surface area contributed by atoms with E-state index >= 15 is 0 Å². The molecule has 2 aromatic carbocycles. The quantitative estimate of drug-likeness (QED) is 0.317. The van der Waals surface area contributed by atoms with Crippen LogP contribution >= 0.6 is 11.8 Å². The Morgan fingerprint density at radius 2 is 1.17 bits per heavy atom. The SMILES string of the molecule is C=C(C)CC(SC(CC(=C)C)c1cccc(CCC)c1)c1cccc(CCC)c1. The number of allylic oxidation sites excluding steroid dienone is 2. The molecule has 0 nitrogen and oxygen atoms in total. The highest BCUT2D eigenvalue weighted by Crippen LogP contribution is 2.46. The van der Waals surface area contributed by atoms with Gasteiger partial charge in [-0.3, -0.25) is 0 Å². The molecule has 2 atom stereocenters. The van der Waals surface area contributed by atoms with Gasteiger partial charge in [0.2, 0.25) is 0 Å². The van der Waals surface area contributed by atoms with E-state index < -0.39 is 0 Å². The molecule has 0 heterocycles. The Morgan fingerprint density at radius 3 is 1.52 bits per heavy atom. The van der Waals surface area contributed by atoms with E-state index in [4.69, 9.17) is 0 Å². The number of aryl methyl sites for hydroxylation is 2. The van der Waals surface area contributed by atoms with Gasteiger partial charge >= 0.3 is 0 Å². The zero-order valence-electron chi connectivity index (χ0n) is 18.8. The van der Waals surface area contributed by atoms with E-state index in [0.717, 1.165) is 25.7 Å². The van der Waals surface area contributed by atoms with Gasteiger partial charge in [0.25, 0.3) is 0 Å². The number of hydrogen-bond acceptors (Lipinski definition) is 1. The zero-order chi connectivity index (χ0) is 21.2. The Bertz CT molecular complexity index is 734. The van der Waals surface area contributed by atoms with Gasteiger partial charge in [-0.2, -0.15) is 0 Å². The third kappa shape index (κ3) is 7.90. The summed E-state index contributed by atoms with van der Waals surface area (Å²) in [5.74, 6) is 0. The summed E-state index contributed by atoms with van der Waals surface area (Å²) in [7, 11) is 0. The summed E-state index contributed by atoms with van der Waals surface area (Å²) in [5, 5.41) is 0.840. The van der Waals surface area contributed by atoms with Gasteiger partial charge in [-0.1, -0.05) is 86.4 Å². The highest BCUT2D eigenvalue weighted by atomic mass is 32.2. The molecule has 0 radical (unpaired) electrons. The summed E-state index contributed by atoms with van der Waals surface area (Å²) < 4.78 is 0. The van der Waals surface area contributed by atoms with Crippen molar-refractivity contribution in [3.8, 4) is 0 Å². The second-order valence-corrected chi connectivity index (χ2v) is 9.84. The van der Waals surface area contributed by atoms with Crippen molar-refractivity contribution >= 4 is 11.8 Å². The zero-order valence-corrected chi connectivity index (χ0v) is 19.7. The summed E-state index contributed by atoms with van der Waals surface area (Å²) in [5.41, 5.74) is 8.24. The lowest BCUT2D eigenvalue weighted by molar-refractivity contribution is 0.860. The minimum atomic E-state index is 0.420. The van der Waals surface area contributed by atoms with E-state index in [0.29, 0.717) is 10.5 Å². The van der Waals surface area contributed by atoms with E-state index in [1.54, 1.807) is 0 Å². The second kappa shape index (κ2) is 12.1. The smallest absolute Gasteiger partial charge is 0.0340 e. The number of hydrogen-bond donors (Lipinski definition) is 0. The Kier molecular flexibility index (Phi) is 9.81. The average molecular weight is 407 g/mol. The minimum Gasteiger partial charge on any atom is -0.145 e. The molecule has 0 aliphatic heterocycles. The molecule has 0 aromatic heterocycles. The van der Waals surface area contributed by atoms with Gasteiger partial charge in [-0.25, -0.2) is 0 Å². The molecule has 0 saturated carbocycles. The molecule has 0 amide bonds. The van der Waals surface area contributed by atoms with E-state index in [1.165, 1.54) is 46.2 Å². The first kappa shape index (κ1) is 23.5. The third-order valence-corrected chi connectivity index (χ3v) is 6.65. The summed E-state index contributed by atoms with van der Waals surface area (Å²) in [6, 6.07) is 18.4. The van der Waals surface area contributed by atoms with E-state index in [-0.39, 0.29) is 0 Å². The number of thioether (sulfide) groups is 1. The van der Waals surface area contributed by atoms with Crippen molar-refractivity contribution in [2.45, 2.75) is 76.7 Å². The fourth-order valence-corrected chi connectivity index (χ4v) is 5.56.